The maximum Gasteiger partial charge on any atom is 0.265 e. The van der Waals surface area contributed by atoms with Crippen LogP contribution < -0.4 is 9.47 Å². The minimum Gasteiger partial charge on any atom is -0.492 e. The molecule has 1 saturated heterocycles. The molecule has 1 unspecified atom stereocenters. The minimum atomic E-state index is -0.322. The number of ether oxygens (including phenoxy) is 3. The second-order valence-corrected chi connectivity index (χ2v) is 10.5. The number of benzene rings is 3. The highest BCUT2D eigenvalue weighted by molar-refractivity contribution is 7.80. The quantitative estimate of drug-likeness (QED) is 0.279. The summed E-state index contributed by atoms with van der Waals surface area (Å²) < 4.78 is 30.9. The van der Waals surface area contributed by atoms with Crippen LogP contribution in [0.1, 0.15) is 24.3 Å². The SMILES string of the molecule is Fc1ccc(OC(=S)N2CCc3c([nH]c4ccc(Cl)cc34)C2c2ccc(OCCN3CCOCC3)cc2)cc1.[HH]. The Bertz CT molecular complexity index is 1460. The predicted octanol–water partition coefficient (Wildman–Crippen LogP) is 6.23. The van der Waals surface area contributed by atoms with Gasteiger partial charge in [0.1, 0.15) is 23.9 Å². The van der Waals surface area contributed by atoms with Gasteiger partial charge in [-0.2, -0.15) is 0 Å². The van der Waals surface area contributed by atoms with E-state index in [0.717, 1.165) is 67.2 Å². The van der Waals surface area contributed by atoms with E-state index in [0.29, 0.717) is 29.1 Å². The van der Waals surface area contributed by atoms with E-state index < -0.39 is 0 Å². The van der Waals surface area contributed by atoms with Gasteiger partial charge in [0.15, 0.2) is 0 Å². The van der Waals surface area contributed by atoms with E-state index in [1.165, 1.54) is 17.7 Å². The molecule has 4 aromatic rings. The summed E-state index contributed by atoms with van der Waals surface area (Å²) >= 11 is 12.1. The van der Waals surface area contributed by atoms with Gasteiger partial charge in [0.25, 0.3) is 5.17 Å². The minimum absolute atomic E-state index is 0. The molecule has 39 heavy (non-hydrogen) atoms. The van der Waals surface area contributed by atoms with E-state index in [2.05, 4.69) is 26.9 Å². The van der Waals surface area contributed by atoms with Crippen LogP contribution in [-0.4, -0.2) is 66.0 Å². The highest BCUT2D eigenvalue weighted by Gasteiger charge is 2.34. The first-order valence-corrected chi connectivity index (χ1v) is 13.9. The number of nitrogens with zero attached hydrogens (tertiary/aromatic N) is 2. The number of H-pyrrole nitrogens is 1. The van der Waals surface area contributed by atoms with Gasteiger partial charge in [-0.05, 0) is 84.4 Å². The molecule has 0 amide bonds. The number of halogens is 2. The number of rotatable bonds is 6. The lowest BCUT2D eigenvalue weighted by atomic mass is 9.92. The van der Waals surface area contributed by atoms with Crippen LogP contribution in [0.25, 0.3) is 10.9 Å². The van der Waals surface area contributed by atoms with Crippen molar-refractivity contribution in [3.05, 3.63) is 94.4 Å². The standard InChI is InChI=1S/C30H29ClFN3O3S.H2/c31-21-3-10-27-26(19-21)25-11-12-35(30(39)38-24-8-4-22(32)5-9-24)29(28(25)33-27)20-1-6-23(7-2-20)37-18-15-34-13-16-36-17-14-34;/h1-10,19,29,33H,11-18H2;1H. The lowest BCUT2D eigenvalue weighted by Crippen LogP contribution is -2.42. The van der Waals surface area contributed by atoms with Gasteiger partial charge in [-0.3, -0.25) is 4.90 Å². The summed E-state index contributed by atoms with van der Waals surface area (Å²) in [4.78, 5) is 8.05. The number of fused-ring (bicyclic) bond motifs is 3. The molecular formula is C30H31ClFN3O3S. The smallest absolute Gasteiger partial charge is 0.265 e. The molecule has 1 aromatic heterocycles. The third kappa shape index (κ3) is 5.75. The molecule has 204 valence electrons. The van der Waals surface area contributed by atoms with Crippen molar-refractivity contribution in [1.82, 2.24) is 14.8 Å². The van der Waals surface area contributed by atoms with Gasteiger partial charge in [0.05, 0.1) is 19.3 Å². The normalized spacial score (nSPS) is 17.7. The lowest BCUT2D eigenvalue weighted by Gasteiger charge is -2.37. The van der Waals surface area contributed by atoms with Crippen molar-refractivity contribution in [2.24, 2.45) is 0 Å². The first-order chi connectivity index (χ1) is 19.0. The fourth-order valence-electron chi connectivity index (χ4n) is 5.33. The van der Waals surface area contributed by atoms with E-state index >= 15 is 0 Å². The highest BCUT2D eigenvalue weighted by atomic mass is 35.5. The van der Waals surface area contributed by atoms with Gasteiger partial charge in [0.2, 0.25) is 0 Å². The van der Waals surface area contributed by atoms with Crippen LogP contribution in [0.15, 0.2) is 66.7 Å². The Labute approximate surface area is 238 Å². The van der Waals surface area contributed by atoms with Gasteiger partial charge >= 0.3 is 0 Å². The summed E-state index contributed by atoms with van der Waals surface area (Å²) in [7, 11) is 0. The molecule has 9 heteroatoms. The summed E-state index contributed by atoms with van der Waals surface area (Å²) in [6.07, 6.45) is 0.780. The van der Waals surface area contributed by atoms with Gasteiger partial charge in [-0.15, -0.1) is 0 Å². The van der Waals surface area contributed by atoms with Crippen LogP contribution in [0.5, 0.6) is 11.5 Å². The number of hydrogen-bond acceptors (Lipinski definition) is 5. The largest absolute Gasteiger partial charge is 0.492 e. The maximum atomic E-state index is 13.4. The maximum absolute atomic E-state index is 13.4. The zero-order valence-electron chi connectivity index (χ0n) is 21.4. The summed E-state index contributed by atoms with van der Waals surface area (Å²) in [5, 5.41) is 2.16. The molecule has 2 aliphatic rings. The van der Waals surface area contributed by atoms with E-state index in [-0.39, 0.29) is 13.3 Å². The third-order valence-corrected chi connectivity index (χ3v) is 7.87. The van der Waals surface area contributed by atoms with Crippen LogP contribution in [0.4, 0.5) is 4.39 Å². The predicted molar refractivity (Wildman–Crippen MR) is 156 cm³/mol. The number of hydrogen-bond donors (Lipinski definition) is 1. The first-order valence-electron chi connectivity index (χ1n) is 13.1. The third-order valence-electron chi connectivity index (χ3n) is 7.32. The molecule has 1 fully saturated rings. The van der Waals surface area contributed by atoms with Crippen LogP contribution in [0.2, 0.25) is 5.02 Å². The molecule has 6 nitrogen and oxygen atoms in total. The molecule has 0 radical (unpaired) electrons. The molecule has 2 aliphatic heterocycles. The van der Waals surface area contributed by atoms with Crippen LogP contribution >= 0.6 is 23.8 Å². The van der Waals surface area contributed by atoms with E-state index in [9.17, 15) is 4.39 Å². The van der Waals surface area contributed by atoms with Gasteiger partial charge in [-0.25, -0.2) is 4.39 Å². The zero-order valence-corrected chi connectivity index (χ0v) is 22.9. The van der Waals surface area contributed by atoms with Crippen molar-refractivity contribution >= 4 is 39.9 Å². The fourth-order valence-corrected chi connectivity index (χ4v) is 5.79. The molecular weight excluding hydrogens is 537 g/mol. The molecule has 1 atom stereocenters. The Morgan fingerprint density at radius 1 is 1.03 bits per heavy atom. The summed E-state index contributed by atoms with van der Waals surface area (Å²) in [6.45, 7) is 5.60. The average molecular weight is 568 g/mol. The monoisotopic (exact) mass is 567 g/mol. The van der Waals surface area contributed by atoms with Crippen LogP contribution in [-0.2, 0) is 11.2 Å². The Morgan fingerprint density at radius 3 is 2.54 bits per heavy atom. The number of thiocarbonyl (C=S) groups is 1. The van der Waals surface area contributed by atoms with E-state index in [4.69, 9.17) is 38.0 Å². The van der Waals surface area contributed by atoms with Crippen molar-refractivity contribution in [1.29, 1.82) is 0 Å². The Balaban J connectivity index is 0.00000323. The molecule has 1 N–H and O–H groups in total. The highest BCUT2D eigenvalue weighted by Crippen LogP contribution is 2.40. The molecule has 0 spiro atoms. The molecule has 0 saturated carbocycles. The van der Waals surface area contributed by atoms with Crippen molar-refractivity contribution in [2.75, 3.05) is 46.0 Å². The molecule has 0 bridgehead atoms. The lowest BCUT2D eigenvalue weighted by molar-refractivity contribution is 0.0322. The van der Waals surface area contributed by atoms with Gasteiger partial charge < -0.3 is 24.1 Å². The Kier molecular flexibility index (Phi) is 7.70. The molecule has 3 heterocycles. The average Bonchev–Trinajstić information content (AvgIpc) is 3.32. The Morgan fingerprint density at radius 2 is 1.77 bits per heavy atom. The summed E-state index contributed by atoms with van der Waals surface area (Å²) in [6, 6.07) is 19.8. The van der Waals surface area contributed by atoms with Gasteiger partial charge in [-0.1, -0.05) is 23.7 Å². The second kappa shape index (κ2) is 11.5. The fraction of sp³-hybridized carbons (Fsp3) is 0.300. The number of aromatic amines is 1. The zero-order chi connectivity index (χ0) is 26.8. The number of aromatic nitrogens is 1. The number of morpholine rings is 1. The molecule has 3 aromatic carbocycles. The van der Waals surface area contributed by atoms with Crippen LogP contribution in [0, 0.1) is 5.82 Å². The summed E-state index contributed by atoms with van der Waals surface area (Å²) in [5.41, 5.74) is 4.37. The van der Waals surface area contributed by atoms with Crippen molar-refractivity contribution in [3.8, 4) is 11.5 Å². The van der Waals surface area contributed by atoms with Crippen molar-refractivity contribution in [3.63, 3.8) is 0 Å². The topological polar surface area (TPSA) is 50.0 Å². The molecule has 6 rings (SSSR count). The van der Waals surface area contributed by atoms with E-state index in [1.54, 1.807) is 12.1 Å². The van der Waals surface area contributed by atoms with Gasteiger partial charge in [0, 0.05) is 49.2 Å². The van der Waals surface area contributed by atoms with E-state index in [1.807, 2.05) is 30.3 Å². The van der Waals surface area contributed by atoms with Crippen molar-refractivity contribution < 1.29 is 20.0 Å². The number of nitrogens with one attached hydrogen (secondary N) is 1. The Hall–Kier alpha value is -3.17. The second-order valence-electron chi connectivity index (χ2n) is 9.75. The molecule has 0 aliphatic carbocycles. The van der Waals surface area contributed by atoms with Crippen molar-refractivity contribution in [2.45, 2.75) is 12.5 Å². The van der Waals surface area contributed by atoms with Crippen LogP contribution in [0.3, 0.4) is 0 Å². The summed E-state index contributed by atoms with van der Waals surface area (Å²) in [5.74, 6) is 0.999. The first kappa shape index (κ1) is 26.1.